The molecule has 0 unspecified atom stereocenters. The van der Waals surface area contributed by atoms with E-state index in [0.717, 1.165) is 0 Å². The molecular weight excluding hydrogens is 562 g/mol. The normalized spacial score (nSPS) is 5.57. The molecule has 0 rings (SSSR count). The summed E-state index contributed by atoms with van der Waals surface area (Å²) >= 11 is 0. The largest absolute Gasteiger partial charge is 3.00 e. The van der Waals surface area contributed by atoms with E-state index in [0.29, 0.717) is 0 Å². The molecule has 0 aromatic carbocycles. The van der Waals surface area contributed by atoms with E-state index in [1.807, 2.05) is 0 Å². The van der Waals surface area contributed by atoms with Gasteiger partial charge in [-0.25, -0.2) is 0 Å². The Morgan fingerprint density at radius 2 is 0.500 bits per heavy atom. The SMILES string of the molecule is O=[P+]([O-])[O-].O=[P+]([O-])[O-].O=[P+]([O-])[O-].[Dy+3].[Dy+3]. The van der Waals surface area contributed by atoms with Crippen LogP contribution in [-0.4, -0.2) is 0 Å². The predicted octanol–water partition coefficient (Wildman–Crippen LogP) is -4.91. The fourth-order valence-electron chi connectivity index (χ4n) is 0. The molecule has 0 bridgehead atoms. The van der Waals surface area contributed by atoms with Crippen LogP contribution in [0.1, 0.15) is 0 Å². The van der Waals surface area contributed by atoms with Gasteiger partial charge < -0.3 is 29.4 Å². The van der Waals surface area contributed by atoms with Gasteiger partial charge in [-0.2, -0.15) is 0 Å². The molecule has 0 aromatic heterocycles. The van der Waals surface area contributed by atoms with Crippen molar-refractivity contribution in [2.45, 2.75) is 0 Å². The molecule has 0 heterocycles. The summed E-state index contributed by atoms with van der Waals surface area (Å²) in [5, 5.41) is 0. The van der Waals surface area contributed by atoms with Crippen LogP contribution in [0.5, 0.6) is 0 Å². The second-order valence-electron chi connectivity index (χ2n) is 0.671. The maximum absolute atomic E-state index is 8.48. The van der Waals surface area contributed by atoms with Crippen LogP contribution in [0.3, 0.4) is 0 Å². The molecule has 14 heavy (non-hydrogen) atoms. The Morgan fingerprint density at radius 3 is 0.500 bits per heavy atom. The molecule has 0 aromatic rings. The van der Waals surface area contributed by atoms with Crippen LogP contribution in [-0.2, 0) is 13.7 Å². The zero-order valence-corrected chi connectivity index (χ0v) is 12.4. The first kappa shape index (κ1) is 30.0. The zero-order valence-electron chi connectivity index (χ0n) is 5.65. The van der Waals surface area contributed by atoms with E-state index < -0.39 is 24.8 Å². The van der Waals surface area contributed by atoms with E-state index in [1.54, 1.807) is 0 Å². The Hall–Kier alpha value is 2.61. The Kier molecular flexibility index (Phi) is 53.0. The third-order valence-corrected chi connectivity index (χ3v) is 0. The Morgan fingerprint density at radius 1 is 0.500 bits per heavy atom. The van der Waals surface area contributed by atoms with Gasteiger partial charge in [0.2, 0.25) is 0 Å². The van der Waals surface area contributed by atoms with Gasteiger partial charge in [0.25, 0.3) is 24.8 Å². The molecule has 0 atom stereocenters. The van der Waals surface area contributed by atoms with Crippen molar-refractivity contribution >= 4 is 24.8 Å². The van der Waals surface area contributed by atoms with Gasteiger partial charge >= 0.3 is 76.3 Å². The van der Waals surface area contributed by atoms with Crippen molar-refractivity contribution in [1.29, 1.82) is 0 Å². The van der Waals surface area contributed by atoms with Crippen molar-refractivity contribution in [3.63, 3.8) is 0 Å². The summed E-state index contributed by atoms with van der Waals surface area (Å²) in [7, 11) is -10.1. The Bertz CT molecular complexity index is 116. The Labute approximate surface area is 142 Å². The van der Waals surface area contributed by atoms with E-state index in [9.17, 15) is 0 Å². The zero-order chi connectivity index (χ0) is 10.7. The minimum Gasteiger partial charge on any atom is -0.598 e. The third kappa shape index (κ3) is 398. The van der Waals surface area contributed by atoms with Gasteiger partial charge in [-0.05, 0) is 0 Å². The molecular formula is Dy2O9P3+3. The van der Waals surface area contributed by atoms with Gasteiger partial charge in [0.15, 0.2) is 0 Å². The van der Waals surface area contributed by atoms with E-state index >= 15 is 0 Å². The molecule has 0 aliphatic rings. The van der Waals surface area contributed by atoms with Gasteiger partial charge in [-0.15, -0.1) is 0 Å². The van der Waals surface area contributed by atoms with Crippen molar-refractivity contribution in [2.24, 2.45) is 0 Å². The fourth-order valence-corrected chi connectivity index (χ4v) is 0. The van der Waals surface area contributed by atoms with Gasteiger partial charge in [-0.1, -0.05) is 13.7 Å². The van der Waals surface area contributed by atoms with Crippen molar-refractivity contribution in [2.75, 3.05) is 0 Å². The molecule has 2 radical (unpaired) electrons. The van der Waals surface area contributed by atoms with Crippen molar-refractivity contribution in [1.82, 2.24) is 0 Å². The maximum atomic E-state index is 8.48. The molecule has 0 aliphatic carbocycles. The molecule has 0 N–H and O–H groups in total. The summed E-state index contributed by atoms with van der Waals surface area (Å²) in [6.45, 7) is 0. The van der Waals surface area contributed by atoms with Crippen LogP contribution in [0.25, 0.3) is 0 Å². The van der Waals surface area contributed by atoms with Gasteiger partial charge in [0, 0.05) is 0 Å². The molecule has 14 heteroatoms. The maximum Gasteiger partial charge on any atom is 3.00 e. The first-order valence-electron chi connectivity index (χ1n) is 1.64. The van der Waals surface area contributed by atoms with Crippen molar-refractivity contribution in [3.8, 4) is 0 Å². The van der Waals surface area contributed by atoms with Crippen LogP contribution in [0, 0.1) is 76.3 Å². The van der Waals surface area contributed by atoms with Crippen molar-refractivity contribution in [3.05, 3.63) is 0 Å². The molecule has 0 amide bonds. The summed E-state index contributed by atoms with van der Waals surface area (Å²) in [4.78, 5) is 50.9. The molecule has 0 spiro atoms. The number of hydrogen-bond donors (Lipinski definition) is 0. The number of hydrogen-bond acceptors (Lipinski definition) is 9. The molecule has 0 fully saturated rings. The molecule has 9 nitrogen and oxygen atoms in total. The summed E-state index contributed by atoms with van der Waals surface area (Å²) in [6.07, 6.45) is 0. The number of rotatable bonds is 0. The standard InChI is InChI=1S/2Dy.3HO3P/c;;3*1-4(2)3/h;;3*(H,1,2,3)/q2*+3;;;/p-3. The van der Waals surface area contributed by atoms with E-state index in [2.05, 4.69) is 0 Å². The van der Waals surface area contributed by atoms with Crippen LogP contribution in [0.2, 0.25) is 0 Å². The van der Waals surface area contributed by atoms with Gasteiger partial charge in [-0.3, -0.25) is 0 Å². The average molecular weight is 562 g/mol. The molecule has 0 aliphatic heterocycles. The van der Waals surface area contributed by atoms with Gasteiger partial charge in [0.05, 0.1) is 0 Å². The smallest absolute Gasteiger partial charge is 0.598 e. The molecule has 86 valence electrons. The summed E-state index contributed by atoms with van der Waals surface area (Å²) in [5.74, 6) is 0. The average Bonchev–Trinajstić information content (AvgIpc) is 1.54. The van der Waals surface area contributed by atoms with Gasteiger partial charge in [0.1, 0.15) is 0 Å². The summed E-state index contributed by atoms with van der Waals surface area (Å²) in [5.41, 5.74) is 0. The molecule has 0 saturated heterocycles. The summed E-state index contributed by atoms with van der Waals surface area (Å²) in [6, 6.07) is 0. The monoisotopic (exact) mass is 565 g/mol. The molecule has 0 saturated carbocycles. The second kappa shape index (κ2) is 24.7. The second-order valence-corrected chi connectivity index (χ2v) is 2.01. The van der Waals surface area contributed by atoms with Crippen LogP contribution >= 0.6 is 24.8 Å². The van der Waals surface area contributed by atoms with Crippen LogP contribution < -0.4 is 29.4 Å². The van der Waals surface area contributed by atoms with E-state index in [1.165, 1.54) is 0 Å². The Balaban J connectivity index is -0.0000000270. The quantitative estimate of drug-likeness (QED) is 0.261. The van der Waals surface area contributed by atoms with E-state index in [4.69, 9.17) is 43.1 Å². The predicted molar refractivity (Wildman–Crippen MR) is 22.8 cm³/mol. The van der Waals surface area contributed by atoms with E-state index in [-0.39, 0.29) is 76.3 Å². The topological polar surface area (TPSA) is 190 Å². The van der Waals surface area contributed by atoms with Crippen LogP contribution in [0.4, 0.5) is 0 Å². The van der Waals surface area contributed by atoms with Crippen molar-refractivity contribution < 1.29 is 119 Å². The minimum atomic E-state index is -3.37. The fraction of sp³-hybridized carbons (Fsp3) is 0. The first-order valence-corrected chi connectivity index (χ1v) is 4.93. The van der Waals surface area contributed by atoms with Crippen LogP contribution in [0.15, 0.2) is 0 Å². The first-order chi connectivity index (χ1) is 5.20. The third-order valence-electron chi connectivity index (χ3n) is 0. The summed E-state index contributed by atoms with van der Waals surface area (Å²) < 4.78 is 25.4. The minimum absolute atomic E-state index is 0.